The molecular formula is C59H107N2O6P. The molecule has 1 amide bonds. The smallest absolute Gasteiger partial charge is 0.268 e. The summed E-state index contributed by atoms with van der Waals surface area (Å²) in [6.45, 7) is 4.52. The predicted molar refractivity (Wildman–Crippen MR) is 293 cm³/mol. The van der Waals surface area contributed by atoms with Gasteiger partial charge in [0.2, 0.25) is 5.91 Å². The van der Waals surface area contributed by atoms with Gasteiger partial charge in [-0.3, -0.25) is 9.36 Å². The predicted octanol–water partition coefficient (Wildman–Crippen LogP) is 16.2. The molecule has 0 rings (SSSR count). The van der Waals surface area contributed by atoms with Crippen molar-refractivity contribution < 1.29 is 32.9 Å². The van der Waals surface area contributed by atoms with Crippen molar-refractivity contribution in [1.29, 1.82) is 0 Å². The lowest BCUT2D eigenvalue weighted by Gasteiger charge is -2.29. The van der Waals surface area contributed by atoms with E-state index >= 15 is 0 Å². The third-order valence-corrected chi connectivity index (χ3v) is 13.1. The molecule has 0 aromatic carbocycles. The van der Waals surface area contributed by atoms with E-state index in [1.165, 1.54) is 122 Å². The third kappa shape index (κ3) is 51.5. The van der Waals surface area contributed by atoms with Gasteiger partial charge >= 0.3 is 0 Å². The second-order valence-electron chi connectivity index (χ2n) is 19.9. The van der Waals surface area contributed by atoms with E-state index < -0.39 is 26.6 Å². The molecule has 0 aliphatic carbocycles. The number of nitrogens with zero attached hydrogens (tertiary/aromatic N) is 1. The number of carbonyl (C=O) groups is 1. The number of nitrogens with one attached hydrogen (secondary N) is 1. The number of phosphoric ester groups is 1. The van der Waals surface area contributed by atoms with Gasteiger partial charge in [0.1, 0.15) is 13.2 Å². The van der Waals surface area contributed by atoms with E-state index in [0.717, 1.165) is 89.9 Å². The maximum atomic E-state index is 12.9. The zero-order chi connectivity index (χ0) is 49.9. The lowest BCUT2D eigenvalue weighted by atomic mass is 10.0. The molecule has 0 radical (unpaired) electrons. The Morgan fingerprint density at radius 1 is 0.529 bits per heavy atom. The number of aliphatic hydroxyl groups excluding tert-OH is 1. The minimum Gasteiger partial charge on any atom is -0.756 e. The summed E-state index contributed by atoms with van der Waals surface area (Å²) in [6.07, 6.45) is 69.3. The van der Waals surface area contributed by atoms with Gasteiger partial charge in [-0.05, 0) is 70.6 Å². The van der Waals surface area contributed by atoms with E-state index in [9.17, 15) is 19.4 Å². The summed E-state index contributed by atoms with van der Waals surface area (Å²) in [5, 5.41) is 13.9. The number of aliphatic hydroxyl groups is 1. The largest absolute Gasteiger partial charge is 0.756 e. The Morgan fingerprint density at radius 2 is 0.897 bits per heavy atom. The number of likely N-dealkylation sites (N-methyl/N-ethyl adjacent to an activating group) is 1. The number of unbranched alkanes of at least 4 members (excludes halogenated alkanes) is 25. The monoisotopic (exact) mass is 971 g/mol. The number of rotatable bonds is 50. The molecule has 0 heterocycles. The zero-order valence-corrected chi connectivity index (χ0v) is 45.7. The van der Waals surface area contributed by atoms with Gasteiger partial charge in [0.15, 0.2) is 0 Å². The molecule has 0 saturated heterocycles. The molecule has 0 bridgehead atoms. The second kappa shape index (κ2) is 49.7. The first-order chi connectivity index (χ1) is 33.0. The highest BCUT2D eigenvalue weighted by atomic mass is 31.2. The first kappa shape index (κ1) is 65.7. The third-order valence-electron chi connectivity index (χ3n) is 12.1. The van der Waals surface area contributed by atoms with Crippen molar-refractivity contribution in [2.24, 2.45) is 0 Å². The standard InChI is InChI=1S/C59H107N2O6P/c1-6-8-10-12-14-16-18-20-22-24-26-28-30-32-34-36-38-40-42-44-46-48-50-52-58(62)57(56-67-68(64,65)66-55-54-61(3,4)5)60-59(63)53-51-49-47-45-43-41-39-37-35-33-31-29-27-25-23-21-19-17-15-13-11-9-7-2/h9,11,15,17,21,23,27,29,33,35,39,41,50,52,57-58,62H,6-8,10,12-14,16,18-20,22,24-26,28,30-32,34,36-38,40,42-49,51,53-56H2,1-5H3,(H-,60,63,64,65)/b11-9-,17-15-,23-21-,29-27-,35-33-,41-39-,52-50+. The highest BCUT2D eigenvalue weighted by Crippen LogP contribution is 2.38. The molecule has 0 saturated carbocycles. The summed E-state index contributed by atoms with van der Waals surface area (Å²) < 4.78 is 23.3. The highest BCUT2D eigenvalue weighted by molar-refractivity contribution is 7.45. The quantitative estimate of drug-likeness (QED) is 0.0272. The van der Waals surface area contributed by atoms with Gasteiger partial charge in [0.05, 0.1) is 39.9 Å². The van der Waals surface area contributed by atoms with Gasteiger partial charge in [-0.2, -0.15) is 0 Å². The van der Waals surface area contributed by atoms with Crippen molar-refractivity contribution in [2.45, 2.75) is 244 Å². The molecular weight excluding hydrogens is 864 g/mol. The molecule has 0 spiro atoms. The number of quaternary nitrogens is 1. The molecule has 0 aliphatic rings. The molecule has 8 nitrogen and oxygen atoms in total. The van der Waals surface area contributed by atoms with Gasteiger partial charge in [0.25, 0.3) is 7.82 Å². The molecule has 2 N–H and O–H groups in total. The lowest BCUT2D eigenvalue weighted by molar-refractivity contribution is -0.870. The van der Waals surface area contributed by atoms with Crippen molar-refractivity contribution in [3.63, 3.8) is 0 Å². The summed E-state index contributed by atoms with van der Waals surface area (Å²) in [5.41, 5.74) is 0. The molecule has 0 aromatic rings. The fourth-order valence-corrected chi connectivity index (χ4v) is 8.47. The minimum absolute atomic E-state index is 0.0106. The van der Waals surface area contributed by atoms with Crippen LogP contribution >= 0.6 is 7.82 Å². The van der Waals surface area contributed by atoms with Crippen LogP contribution in [0.5, 0.6) is 0 Å². The van der Waals surface area contributed by atoms with E-state index in [-0.39, 0.29) is 12.5 Å². The molecule has 3 atom stereocenters. The highest BCUT2D eigenvalue weighted by Gasteiger charge is 2.23. The van der Waals surface area contributed by atoms with Gasteiger partial charge in [-0.25, -0.2) is 0 Å². The van der Waals surface area contributed by atoms with E-state index in [1.807, 2.05) is 27.2 Å². The SMILES string of the molecule is CC/C=C\C/C=C\C/C=C\C/C=C\C/C=C\C/C=C\CCCCCCC(=O)NC(COP(=O)([O-])OCC[N+](C)(C)C)C(O)/C=C/CCCCCCCCCCCCCCCCCCCCCCC. The topological polar surface area (TPSA) is 108 Å². The van der Waals surface area contributed by atoms with Crippen LogP contribution in [0.2, 0.25) is 0 Å². The minimum atomic E-state index is -4.61. The lowest BCUT2D eigenvalue weighted by Crippen LogP contribution is -2.45. The van der Waals surface area contributed by atoms with Gasteiger partial charge < -0.3 is 28.8 Å². The fraction of sp³-hybridized carbons (Fsp3) is 0.746. The normalized spacial score (nSPS) is 14.6. The van der Waals surface area contributed by atoms with Crippen molar-refractivity contribution >= 4 is 13.7 Å². The number of amides is 1. The average Bonchev–Trinajstić information content (AvgIpc) is 3.30. The van der Waals surface area contributed by atoms with Crippen molar-refractivity contribution in [3.8, 4) is 0 Å². The molecule has 3 unspecified atom stereocenters. The van der Waals surface area contributed by atoms with Gasteiger partial charge in [0, 0.05) is 6.42 Å². The summed E-state index contributed by atoms with van der Waals surface area (Å²) in [4.78, 5) is 25.5. The number of allylic oxidation sites excluding steroid dienone is 13. The Labute approximate surface area is 420 Å². The summed E-state index contributed by atoms with van der Waals surface area (Å²) in [5.74, 6) is -0.223. The summed E-state index contributed by atoms with van der Waals surface area (Å²) in [7, 11) is 1.23. The Balaban J connectivity index is 4.33. The second-order valence-corrected chi connectivity index (χ2v) is 21.3. The first-order valence-electron chi connectivity index (χ1n) is 27.9. The molecule has 0 aromatic heterocycles. The molecule has 0 aliphatic heterocycles. The van der Waals surface area contributed by atoms with Crippen molar-refractivity contribution in [2.75, 3.05) is 40.9 Å². The van der Waals surface area contributed by atoms with Crippen LogP contribution in [0.1, 0.15) is 232 Å². The van der Waals surface area contributed by atoms with E-state index in [0.29, 0.717) is 17.4 Å². The number of carbonyl (C=O) groups excluding carboxylic acids is 1. The Kier molecular flexibility index (Phi) is 48.0. The summed E-state index contributed by atoms with van der Waals surface area (Å²) in [6, 6.07) is -0.907. The maximum Gasteiger partial charge on any atom is 0.268 e. The Hall–Kier alpha value is -2.32. The van der Waals surface area contributed by atoms with Crippen LogP contribution in [0.4, 0.5) is 0 Å². The molecule has 68 heavy (non-hydrogen) atoms. The van der Waals surface area contributed by atoms with Crippen LogP contribution in [0.15, 0.2) is 85.1 Å². The molecule has 9 heteroatoms. The van der Waals surface area contributed by atoms with Crippen LogP contribution in [0, 0.1) is 0 Å². The van der Waals surface area contributed by atoms with E-state index in [2.05, 4.69) is 92.1 Å². The molecule has 394 valence electrons. The maximum absolute atomic E-state index is 12.9. The number of hydrogen-bond donors (Lipinski definition) is 2. The fourth-order valence-electron chi connectivity index (χ4n) is 7.74. The summed E-state index contributed by atoms with van der Waals surface area (Å²) >= 11 is 0. The van der Waals surface area contributed by atoms with Crippen molar-refractivity contribution in [1.82, 2.24) is 5.32 Å². The van der Waals surface area contributed by atoms with Gasteiger partial charge in [-0.15, -0.1) is 0 Å². The zero-order valence-electron chi connectivity index (χ0n) is 44.8. The van der Waals surface area contributed by atoms with E-state index in [4.69, 9.17) is 9.05 Å². The molecule has 0 fully saturated rings. The Bertz CT molecular complexity index is 1380. The van der Waals surface area contributed by atoms with Crippen molar-refractivity contribution in [3.05, 3.63) is 85.1 Å². The van der Waals surface area contributed by atoms with Crippen LogP contribution in [0.25, 0.3) is 0 Å². The number of phosphoric acid groups is 1. The van der Waals surface area contributed by atoms with Crippen LogP contribution < -0.4 is 10.2 Å². The van der Waals surface area contributed by atoms with Crippen LogP contribution in [0.3, 0.4) is 0 Å². The van der Waals surface area contributed by atoms with Crippen LogP contribution in [-0.2, 0) is 18.4 Å². The number of hydrogen-bond acceptors (Lipinski definition) is 6. The Morgan fingerprint density at radius 3 is 1.31 bits per heavy atom. The van der Waals surface area contributed by atoms with Gasteiger partial charge in [-0.1, -0.05) is 240 Å². The first-order valence-corrected chi connectivity index (χ1v) is 29.4. The van der Waals surface area contributed by atoms with E-state index in [1.54, 1.807) is 6.08 Å². The average molecular weight is 971 g/mol. The van der Waals surface area contributed by atoms with Crippen LogP contribution in [-0.4, -0.2) is 68.5 Å².